The van der Waals surface area contributed by atoms with E-state index in [0.717, 1.165) is 6.07 Å². The Morgan fingerprint density at radius 2 is 2.12 bits per heavy atom. The number of ether oxygens (including phenoxy) is 1. The Hall–Kier alpha value is -3.34. The molecule has 1 N–H and O–H groups in total. The molecule has 0 fully saturated rings. The van der Waals surface area contributed by atoms with Crippen molar-refractivity contribution in [1.82, 2.24) is 15.3 Å². The predicted molar refractivity (Wildman–Crippen MR) is 88.8 cm³/mol. The monoisotopic (exact) mass is 358 g/mol. The third kappa shape index (κ3) is 5.34. The van der Waals surface area contributed by atoms with Crippen LogP contribution in [0.1, 0.15) is 24.1 Å². The molecule has 26 heavy (non-hydrogen) atoms. The molecular weight excluding hydrogens is 342 g/mol. The van der Waals surface area contributed by atoms with Crippen LogP contribution in [0, 0.1) is 23.0 Å². The van der Waals surface area contributed by atoms with Crippen molar-refractivity contribution in [2.75, 3.05) is 6.61 Å². The van der Waals surface area contributed by atoms with Crippen molar-refractivity contribution in [3.8, 4) is 11.9 Å². The Labute approximate surface area is 149 Å². The molecule has 1 heterocycles. The number of aromatic nitrogens is 2. The van der Waals surface area contributed by atoms with Gasteiger partial charge in [0.1, 0.15) is 6.07 Å². The minimum atomic E-state index is -0.977. The first kappa shape index (κ1) is 19.0. The highest BCUT2D eigenvalue weighted by Gasteiger charge is 2.11. The second-order valence-corrected chi connectivity index (χ2v) is 5.30. The second-order valence-electron chi connectivity index (χ2n) is 5.30. The number of amides is 1. The zero-order valence-electron chi connectivity index (χ0n) is 13.8. The first-order valence-corrected chi connectivity index (χ1v) is 7.75. The number of carbonyl (C=O) groups excluding carboxylic acids is 1. The lowest BCUT2D eigenvalue weighted by Gasteiger charge is -2.09. The molecule has 0 aliphatic carbocycles. The topological polar surface area (TPSA) is 87.9 Å². The lowest BCUT2D eigenvalue weighted by molar-refractivity contribution is -0.117. The summed E-state index contributed by atoms with van der Waals surface area (Å²) < 4.78 is 32.0. The van der Waals surface area contributed by atoms with E-state index in [0.29, 0.717) is 18.4 Å². The van der Waals surface area contributed by atoms with Crippen LogP contribution in [0.15, 0.2) is 42.7 Å². The van der Waals surface area contributed by atoms with Gasteiger partial charge in [-0.3, -0.25) is 4.79 Å². The summed E-state index contributed by atoms with van der Waals surface area (Å²) in [6.45, 7) is 3.83. The molecule has 0 aliphatic heterocycles. The summed E-state index contributed by atoms with van der Waals surface area (Å²) >= 11 is 0. The first-order chi connectivity index (χ1) is 12.5. The van der Waals surface area contributed by atoms with Gasteiger partial charge in [-0.05, 0) is 18.9 Å². The van der Waals surface area contributed by atoms with E-state index >= 15 is 0 Å². The number of hydrogen-bond acceptors (Lipinski definition) is 5. The van der Waals surface area contributed by atoms with Gasteiger partial charge in [-0.15, -0.1) is 0 Å². The second kappa shape index (κ2) is 9.22. The van der Waals surface area contributed by atoms with Crippen LogP contribution in [-0.4, -0.2) is 22.5 Å². The number of rotatable bonds is 8. The van der Waals surface area contributed by atoms with Gasteiger partial charge in [0.2, 0.25) is 11.8 Å². The molecule has 0 saturated carbocycles. The molecule has 0 atom stereocenters. The molecular formula is C18H16F2N4O2. The molecule has 2 rings (SSSR count). The molecule has 0 radical (unpaired) electrons. The van der Waals surface area contributed by atoms with Crippen molar-refractivity contribution in [1.29, 1.82) is 5.26 Å². The number of halogens is 2. The molecule has 0 aliphatic rings. The minimum absolute atomic E-state index is 0.0638. The van der Waals surface area contributed by atoms with Crippen LogP contribution in [0.2, 0.25) is 0 Å². The Bertz CT molecular complexity index is 832. The van der Waals surface area contributed by atoms with E-state index in [-0.39, 0.29) is 30.3 Å². The average molecular weight is 358 g/mol. The highest BCUT2D eigenvalue weighted by atomic mass is 19.2. The Morgan fingerprint density at radius 3 is 2.81 bits per heavy atom. The van der Waals surface area contributed by atoms with Crippen molar-refractivity contribution in [3.05, 3.63) is 65.6 Å². The maximum Gasteiger partial charge on any atom is 0.246 e. The molecule has 8 heteroatoms. The van der Waals surface area contributed by atoms with Gasteiger partial charge in [0.25, 0.3) is 0 Å². The summed E-state index contributed by atoms with van der Waals surface area (Å²) in [4.78, 5) is 19.6. The maximum atomic E-state index is 13.5. The van der Waals surface area contributed by atoms with Gasteiger partial charge in [0.05, 0.1) is 19.0 Å². The predicted octanol–water partition coefficient (Wildman–Crippen LogP) is 2.66. The Morgan fingerprint density at radius 1 is 1.31 bits per heavy atom. The third-order valence-corrected chi connectivity index (χ3v) is 3.41. The van der Waals surface area contributed by atoms with Crippen molar-refractivity contribution >= 4 is 5.91 Å². The summed E-state index contributed by atoms with van der Waals surface area (Å²) in [5.41, 5.74) is 0.558. The average Bonchev–Trinajstić information content (AvgIpc) is 2.66. The minimum Gasteiger partial charge on any atom is -0.477 e. The smallest absolute Gasteiger partial charge is 0.246 e. The Balaban J connectivity index is 1.71. The van der Waals surface area contributed by atoms with E-state index in [1.807, 2.05) is 6.07 Å². The molecule has 134 valence electrons. The number of nitrogens with one attached hydrogen (secondary N) is 1. The van der Waals surface area contributed by atoms with E-state index in [4.69, 9.17) is 10.00 Å². The number of nitrogens with zero attached hydrogens (tertiary/aromatic N) is 3. The summed E-state index contributed by atoms with van der Waals surface area (Å²) in [5, 5.41) is 11.1. The largest absolute Gasteiger partial charge is 0.477 e. The third-order valence-electron chi connectivity index (χ3n) is 3.41. The van der Waals surface area contributed by atoms with E-state index < -0.39 is 17.5 Å². The fourth-order valence-electron chi connectivity index (χ4n) is 2.01. The lowest BCUT2D eigenvalue weighted by Crippen LogP contribution is -2.25. The summed E-state index contributed by atoms with van der Waals surface area (Å²) in [6, 6.07) is 5.63. The fourth-order valence-corrected chi connectivity index (χ4v) is 2.01. The molecule has 0 unspecified atom stereocenters. The van der Waals surface area contributed by atoms with Gasteiger partial charge >= 0.3 is 0 Å². The Kier molecular flexibility index (Phi) is 6.74. The highest BCUT2D eigenvalue weighted by molar-refractivity contribution is 5.92. The highest BCUT2D eigenvalue weighted by Crippen LogP contribution is 2.12. The molecule has 1 aromatic heterocycles. The van der Waals surface area contributed by atoms with Crippen LogP contribution in [0.25, 0.3) is 0 Å². The van der Waals surface area contributed by atoms with Crippen molar-refractivity contribution in [2.24, 2.45) is 0 Å². The van der Waals surface area contributed by atoms with Gasteiger partial charge in [-0.25, -0.2) is 18.7 Å². The van der Waals surface area contributed by atoms with E-state index in [1.54, 1.807) is 0 Å². The van der Waals surface area contributed by atoms with Gasteiger partial charge in [-0.2, -0.15) is 5.26 Å². The van der Waals surface area contributed by atoms with Crippen LogP contribution >= 0.6 is 0 Å². The van der Waals surface area contributed by atoms with Gasteiger partial charge in [0, 0.05) is 17.7 Å². The standard InChI is InChI=1S/C18H16F2N4O2/c1-12(4-3-7-26-16-11-22-14(8-21)10-23-16)18(25)24-9-13-5-2-6-15(19)17(13)20/h2,5-6,10-11H,1,3-4,7,9H2,(H,24,25). The van der Waals surface area contributed by atoms with Crippen LogP contribution in [0.5, 0.6) is 5.88 Å². The molecule has 0 bridgehead atoms. The summed E-state index contributed by atoms with van der Waals surface area (Å²) in [7, 11) is 0. The van der Waals surface area contributed by atoms with E-state index in [9.17, 15) is 13.6 Å². The van der Waals surface area contributed by atoms with Crippen LogP contribution in [0.3, 0.4) is 0 Å². The van der Waals surface area contributed by atoms with Crippen molar-refractivity contribution in [3.63, 3.8) is 0 Å². The molecule has 0 spiro atoms. The van der Waals surface area contributed by atoms with Gasteiger partial charge in [0.15, 0.2) is 17.3 Å². The normalized spacial score (nSPS) is 10.0. The maximum absolute atomic E-state index is 13.5. The summed E-state index contributed by atoms with van der Waals surface area (Å²) in [6.07, 6.45) is 3.50. The number of benzene rings is 1. The molecule has 0 saturated heterocycles. The zero-order valence-corrected chi connectivity index (χ0v) is 13.8. The first-order valence-electron chi connectivity index (χ1n) is 7.75. The fraction of sp³-hybridized carbons (Fsp3) is 0.222. The van der Waals surface area contributed by atoms with Gasteiger partial charge < -0.3 is 10.1 Å². The van der Waals surface area contributed by atoms with Gasteiger partial charge in [-0.1, -0.05) is 18.7 Å². The van der Waals surface area contributed by atoms with Crippen molar-refractivity contribution in [2.45, 2.75) is 19.4 Å². The molecule has 1 aromatic carbocycles. The van der Waals surface area contributed by atoms with Crippen LogP contribution in [0.4, 0.5) is 8.78 Å². The molecule has 6 nitrogen and oxygen atoms in total. The van der Waals surface area contributed by atoms with E-state index in [2.05, 4.69) is 21.9 Å². The SMILES string of the molecule is C=C(CCCOc1cnc(C#N)cn1)C(=O)NCc1cccc(F)c1F. The molecule has 1 amide bonds. The lowest BCUT2D eigenvalue weighted by atomic mass is 10.1. The van der Waals surface area contributed by atoms with E-state index in [1.165, 1.54) is 24.5 Å². The zero-order chi connectivity index (χ0) is 18.9. The van der Waals surface area contributed by atoms with Crippen LogP contribution in [-0.2, 0) is 11.3 Å². The number of nitriles is 1. The quantitative estimate of drug-likeness (QED) is 0.579. The molecule has 2 aromatic rings. The number of carbonyl (C=O) groups is 1. The van der Waals surface area contributed by atoms with Crippen molar-refractivity contribution < 1.29 is 18.3 Å². The summed E-state index contributed by atoms with van der Waals surface area (Å²) in [5.74, 6) is -2.10. The number of hydrogen-bond donors (Lipinski definition) is 1. The van der Waals surface area contributed by atoms with Crippen LogP contribution < -0.4 is 10.1 Å².